The maximum absolute atomic E-state index is 4.45. The summed E-state index contributed by atoms with van der Waals surface area (Å²) in [6.07, 6.45) is 2.51. The minimum Gasteiger partial charge on any atom is -0.309 e. The Morgan fingerprint density at radius 3 is 3.00 bits per heavy atom. The molecule has 1 aliphatic rings. The molecule has 0 unspecified atom stereocenters. The fourth-order valence-corrected chi connectivity index (χ4v) is 1.70. The van der Waals surface area contributed by atoms with Gasteiger partial charge in [-0.05, 0) is 32.4 Å². The van der Waals surface area contributed by atoms with Crippen LogP contribution in [0.25, 0.3) is 0 Å². The number of hydrogen-bond acceptors (Lipinski definition) is 2. The molecule has 12 heavy (non-hydrogen) atoms. The van der Waals surface area contributed by atoms with Crippen molar-refractivity contribution in [2.45, 2.75) is 25.8 Å². The Morgan fingerprint density at radius 2 is 2.50 bits per heavy atom. The molecule has 3 nitrogen and oxygen atoms in total. The number of hydrogen-bond donors (Lipinski definition) is 1. The normalized spacial score (nSPS) is 23.3. The molecule has 1 atom stereocenters. The SMILES string of the molecule is Cc1cc([C@@H]2CCCN2)nn1C. The summed E-state index contributed by atoms with van der Waals surface area (Å²) in [5.74, 6) is 0. The molecule has 1 aliphatic heterocycles. The van der Waals surface area contributed by atoms with Crippen molar-refractivity contribution < 1.29 is 0 Å². The van der Waals surface area contributed by atoms with E-state index in [4.69, 9.17) is 0 Å². The van der Waals surface area contributed by atoms with Crippen LogP contribution in [0.3, 0.4) is 0 Å². The average molecular weight is 165 g/mol. The topological polar surface area (TPSA) is 29.9 Å². The lowest BCUT2D eigenvalue weighted by Crippen LogP contribution is -2.13. The summed E-state index contributed by atoms with van der Waals surface area (Å²) in [7, 11) is 1.99. The molecule has 1 fully saturated rings. The smallest absolute Gasteiger partial charge is 0.0796 e. The van der Waals surface area contributed by atoms with Gasteiger partial charge in [-0.25, -0.2) is 0 Å². The van der Waals surface area contributed by atoms with E-state index in [1.54, 1.807) is 0 Å². The fraction of sp³-hybridized carbons (Fsp3) is 0.667. The van der Waals surface area contributed by atoms with Gasteiger partial charge in [-0.2, -0.15) is 5.10 Å². The second kappa shape index (κ2) is 2.90. The Balaban J connectivity index is 2.21. The van der Waals surface area contributed by atoms with E-state index in [0.29, 0.717) is 6.04 Å². The van der Waals surface area contributed by atoms with E-state index in [0.717, 1.165) is 6.54 Å². The molecular formula is C9H15N3. The van der Waals surface area contributed by atoms with Gasteiger partial charge in [-0.15, -0.1) is 0 Å². The van der Waals surface area contributed by atoms with Crippen molar-refractivity contribution in [1.29, 1.82) is 0 Å². The molecule has 0 bridgehead atoms. The predicted octanol–water partition coefficient (Wildman–Crippen LogP) is 1.15. The Hall–Kier alpha value is -0.830. The van der Waals surface area contributed by atoms with Gasteiger partial charge in [0, 0.05) is 12.7 Å². The third-order valence-electron chi connectivity index (χ3n) is 2.55. The van der Waals surface area contributed by atoms with Gasteiger partial charge >= 0.3 is 0 Å². The largest absolute Gasteiger partial charge is 0.309 e. The first kappa shape index (κ1) is 7.80. The molecule has 66 valence electrons. The maximum Gasteiger partial charge on any atom is 0.0796 e. The van der Waals surface area contributed by atoms with Gasteiger partial charge < -0.3 is 5.32 Å². The zero-order chi connectivity index (χ0) is 8.55. The van der Waals surface area contributed by atoms with Crippen molar-refractivity contribution in [3.05, 3.63) is 17.5 Å². The minimum atomic E-state index is 0.505. The summed E-state index contributed by atoms with van der Waals surface area (Å²) in [6.45, 7) is 3.23. The maximum atomic E-state index is 4.45. The highest BCUT2D eigenvalue weighted by Crippen LogP contribution is 2.21. The Kier molecular flexibility index (Phi) is 1.89. The van der Waals surface area contributed by atoms with Crippen LogP contribution in [0.4, 0.5) is 0 Å². The Morgan fingerprint density at radius 1 is 1.67 bits per heavy atom. The summed E-state index contributed by atoms with van der Waals surface area (Å²) in [6, 6.07) is 2.67. The van der Waals surface area contributed by atoms with Gasteiger partial charge in [-0.1, -0.05) is 0 Å². The van der Waals surface area contributed by atoms with Crippen molar-refractivity contribution >= 4 is 0 Å². The molecule has 1 saturated heterocycles. The monoisotopic (exact) mass is 165 g/mol. The number of nitrogens with zero attached hydrogens (tertiary/aromatic N) is 2. The highest BCUT2D eigenvalue weighted by molar-refractivity contribution is 5.13. The lowest BCUT2D eigenvalue weighted by Gasteiger charge is -2.04. The molecule has 0 radical (unpaired) electrons. The van der Waals surface area contributed by atoms with Crippen molar-refractivity contribution in [3.8, 4) is 0 Å². The van der Waals surface area contributed by atoms with Crippen molar-refractivity contribution in [2.75, 3.05) is 6.54 Å². The fourth-order valence-electron chi connectivity index (χ4n) is 1.70. The highest BCUT2D eigenvalue weighted by Gasteiger charge is 2.18. The van der Waals surface area contributed by atoms with E-state index < -0.39 is 0 Å². The third-order valence-corrected chi connectivity index (χ3v) is 2.55. The molecule has 1 N–H and O–H groups in total. The van der Waals surface area contributed by atoms with E-state index in [-0.39, 0.29) is 0 Å². The average Bonchev–Trinajstić information content (AvgIpc) is 2.61. The summed E-state index contributed by atoms with van der Waals surface area (Å²) < 4.78 is 1.94. The molecule has 0 aromatic carbocycles. The van der Waals surface area contributed by atoms with Crippen LogP contribution in [0.15, 0.2) is 6.07 Å². The van der Waals surface area contributed by atoms with Gasteiger partial charge in [0.2, 0.25) is 0 Å². The van der Waals surface area contributed by atoms with Crippen LogP contribution in [0.2, 0.25) is 0 Å². The molecule has 2 rings (SSSR count). The second-order valence-corrected chi connectivity index (χ2v) is 3.48. The lowest BCUT2D eigenvalue weighted by atomic mass is 10.1. The summed E-state index contributed by atoms with van der Waals surface area (Å²) in [5, 5.41) is 7.88. The minimum absolute atomic E-state index is 0.505. The Labute approximate surface area is 72.8 Å². The Bertz CT molecular complexity index is 252. The van der Waals surface area contributed by atoms with Crippen LogP contribution in [0, 0.1) is 6.92 Å². The number of aryl methyl sites for hydroxylation is 2. The van der Waals surface area contributed by atoms with Crippen LogP contribution in [-0.4, -0.2) is 16.3 Å². The van der Waals surface area contributed by atoms with Gasteiger partial charge in [0.1, 0.15) is 0 Å². The molecule has 0 saturated carbocycles. The van der Waals surface area contributed by atoms with E-state index in [2.05, 4.69) is 23.4 Å². The summed E-state index contributed by atoms with van der Waals surface area (Å²) in [4.78, 5) is 0. The van der Waals surface area contributed by atoms with Crippen molar-refractivity contribution in [2.24, 2.45) is 7.05 Å². The molecule has 0 aliphatic carbocycles. The number of nitrogens with one attached hydrogen (secondary N) is 1. The molecule has 1 aromatic heterocycles. The quantitative estimate of drug-likeness (QED) is 0.676. The molecule has 0 amide bonds. The first-order valence-electron chi connectivity index (χ1n) is 4.51. The molecular weight excluding hydrogens is 150 g/mol. The number of aromatic nitrogens is 2. The standard InChI is InChI=1S/C9H15N3/c1-7-6-9(11-12(7)2)8-4-3-5-10-8/h6,8,10H,3-5H2,1-2H3/t8-/m0/s1. The lowest BCUT2D eigenvalue weighted by molar-refractivity contribution is 0.605. The predicted molar refractivity (Wildman–Crippen MR) is 47.9 cm³/mol. The van der Waals surface area contributed by atoms with E-state index in [9.17, 15) is 0 Å². The molecule has 3 heteroatoms. The molecule has 2 heterocycles. The van der Waals surface area contributed by atoms with Crippen molar-refractivity contribution in [3.63, 3.8) is 0 Å². The van der Waals surface area contributed by atoms with Crippen molar-refractivity contribution in [1.82, 2.24) is 15.1 Å². The van der Waals surface area contributed by atoms with E-state index in [1.165, 1.54) is 24.2 Å². The third kappa shape index (κ3) is 1.25. The molecule has 0 spiro atoms. The van der Waals surface area contributed by atoms with Gasteiger partial charge in [-0.3, -0.25) is 4.68 Å². The van der Waals surface area contributed by atoms with E-state index >= 15 is 0 Å². The van der Waals surface area contributed by atoms with Crippen LogP contribution in [-0.2, 0) is 7.05 Å². The number of rotatable bonds is 1. The van der Waals surface area contributed by atoms with E-state index in [1.807, 2.05) is 11.7 Å². The highest BCUT2D eigenvalue weighted by atomic mass is 15.3. The van der Waals surface area contributed by atoms with Crippen LogP contribution >= 0.6 is 0 Å². The first-order valence-corrected chi connectivity index (χ1v) is 4.51. The first-order chi connectivity index (χ1) is 5.77. The van der Waals surface area contributed by atoms with Crippen LogP contribution in [0.5, 0.6) is 0 Å². The van der Waals surface area contributed by atoms with Gasteiger partial charge in [0.25, 0.3) is 0 Å². The zero-order valence-electron chi connectivity index (χ0n) is 7.67. The molecule has 1 aromatic rings. The van der Waals surface area contributed by atoms with Gasteiger partial charge in [0.15, 0.2) is 0 Å². The zero-order valence-corrected chi connectivity index (χ0v) is 7.67. The van der Waals surface area contributed by atoms with Gasteiger partial charge in [0.05, 0.1) is 11.7 Å². The summed E-state index contributed by atoms with van der Waals surface area (Å²) in [5.41, 5.74) is 2.44. The van der Waals surface area contributed by atoms with Crippen LogP contribution < -0.4 is 5.32 Å². The summed E-state index contributed by atoms with van der Waals surface area (Å²) >= 11 is 0. The van der Waals surface area contributed by atoms with Crippen LogP contribution in [0.1, 0.15) is 30.3 Å². The second-order valence-electron chi connectivity index (χ2n) is 3.48.